The van der Waals surface area contributed by atoms with Crippen molar-refractivity contribution < 1.29 is 13.9 Å². The summed E-state index contributed by atoms with van der Waals surface area (Å²) >= 11 is 0. The van der Waals surface area contributed by atoms with Gasteiger partial charge in [0.25, 0.3) is 5.91 Å². The molecule has 2 saturated carbocycles. The van der Waals surface area contributed by atoms with Gasteiger partial charge >= 0.3 is 0 Å². The van der Waals surface area contributed by atoms with E-state index >= 15 is 0 Å². The van der Waals surface area contributed by atoms with Gasteiger partial charge in [0.05, 0.1) is 5.56 Å². The van der Waals surface area contributed by atoms with Gasteiger partial charge in [0.2, 0.25) is 0 Å². The van der Waals surface area contributed by atoms with Crippen LogP contribution in [0.25, 0.3) is 0 Å². The molecule has 1 aliphatic heterocycles. The van der Waals surface area contributed by atoms with Gasteiger partial charge in [-0.3, -0.25) is 4.79 Å². The Balaban J connectivity index is 0.00000196. The van der Waals surface area contributed by atoms with Crippen LogP contribution in [0.1, 0.15) is 66.8 Å². The molecule has 144 valence electrons. The third kappa shape index (κ3) is 4.56. The summed E-state index contributed by atoms with van der Waals surface area (Å²) in [6, 6.07) is 6.21. The minimum Gasteiger partial charge on any atom is -0.381 e. The number of benzene rings is 1. The van der Waals surface area contributed by atoms with E-state index in [0.717, 1.165) is 63.7 Å². The molecule has 2 aliphatic carbocycles. The van der Waals surface area contributed by atoms with E-state index in [4.69, 9.17) is 4.74 Å². The highest BCUT2D eigenvalue weighted by Crippen LogP contribution is 2.42. The summed E-state index contributed by atoms with van der Waals surface area (Å²) in [5.41, 5.74) is 1.27. The summed E-state index contributed by atoms with van der Waals surface area (Å²) in [5.74, 6) is -0.295. The maximum atomic E-state index is 14.2. The normalized spacial score (nSPS) is 26.3. The SMILES string of the molecule is Cl.O=C(NC1CCCC1)c1cc(C2CC2NC2CCOCC2)ccc1F. The summed E-state index contributed by atoms with van der Waals surface area (Å²) in [5, 5.41) is 6.68. The van der Waals surface area contributed by atoms with Gasteiger partial charge in [-0.05, 0) is 49.8 Å². The van der Waals surface area contributed by atoms with E-state index in [9.17, 15) is 9.18 Å². The second-order valence-electron chi connectivity index (χ2n) is 7.70. The third-order valence-corrected chi connectivity index (χ3v) is 5.82. The highest BCUT2D eigenvalue weighted by molar-refractivity contribution is 5.95. The molecule has 0 spiro atoms. The van der Waals surface area contributed by atoms with Crippen molar-refractivity contribution in [2.75, 3.05) is 13.2 Å². The molecule has 1 aromatic rings. The van der Waals surface area contributed by atoms with E-state index in [1.54, 1.807) is 6.07 Å². The van der Waals surface area contributed by atoms with Gasteiger partial charge in [-0.1, -0.05) is 18.9 Å². The summed E-state index contributed by atoms with van der Waals surface area (Å²) in [6.07, 6.45) is 7.49. The molecule has 6 heteroatoms. The number of carbonyl (C=O) groups excluding carboxylic acids is 1. The van der Waals surface area contributed by atoms with Crippen LogP contribution >= 0.6 is 12.4 Å². The van der Waals surface area contributed by atoms with Gasteiger partial charge in [0.1, 0.15) is 5.82 Å². The van der Waals surface area contributed by atoms with Crippen LogP contribution in [-0.4, -0.2) is 37.2 Å². The molecule has 2 N–H and O–H groups in total. The third-order valence-electron chi connectivity index (χ3n) is 5.82. The Labute approximate surface area is 160 Å². The molecule has 1 aromatic carbocycles. The topological polar surface area (TPSA) is 50.4 Å². The maximum absolute atomic E-state index is 14.2. The van der Waals surface area contributed by atoms with Crippen LogP contribution in [0.15, 0.2) is 18.2 Å². The Morgan fingerprint density at radius 2 is 1.81 bits per heavy atom. The van der Waals surface area contributed by atoms with Crippen molar-refractivity contribution in [3.8, 4) is 0 Å². The van der Waals surface area contributed by atoms with Crippen molar-refractivity contribution in [1.82, 2.24) is 10.6 Å². The Morgan fingerprint density at radius 3 is 2.54 bits per heavy atom. The van der Waals surface area contributed by atoms with E-state index < -0.39 is 5.82 Å². The van der Waals surface area contributed by atoms with E-state index in [0.29, 0.717) is 18.0 Å². The van der Waals surface area contributed by atoms with Gasteiger partial charge in [-0.2, -0.15) is 0 Å². The molecular formula is C20H28ClFN2O2. The van der Waals surface area contributed by atoms with Gasteiger partial charge in [0, 0.05) is 37.3 Å². The molecule has 0 bridgehead atoms. The minimum atomic E-state index is -0.422. The quantitative estimate of drug-likeness (QED) is 0.818. The summed E-state index contributed by atoms with van der Waals surface area (Å²) < 4.78 is 19.6. The fraction of sp³-hybridized carbons (Fsp3) is 0.650. The molecule has 4 nitrogen and oxygen atoms in total. The molecule has 1 heterocycles. The Hall–Kier alpha value is -1.17. The summed E-state index contributed by atoms with van der Waals surface area (Å²) in [6.45, 7) is 1.66. The number of rotatable bonds is 5. The van der Waals surface area contributed by atoms with Crippen molar-refractivity contribution in [2.45, 2.75) is 69.0 Å². The molecule has 2 unspecified atom stereocenters. The average Bonchev–Trinajstić information content (AvgIpc) is 3.19. The number of carbonyl (C=O) groups is 1. The first-order valence-electron chi connectivity index (χ1n) is 9.65. The number of ether oxygens (including phenoxy) is 1. The van der Waals surface area contributed by atoms with E-state index in [-0.39, 0.29) is 29.9 Å². The molecular weight excluding hydrogens is 355 g/mol. The number of halogens is 2. The van der Waals surface area contributed by atoms with Crippen molar-refractivity contribution in [1.29, 1.82) is 0 Å². The second-order valence-corrected chi connectivity index (χ2v) is 7.70. The number of amides is 1. The Kier molecular flexibility index (Phi) is 6.54. The molecule has 2 atom stereocenters. The van der Waals surface area contributed by atoms with Crippen LogP contribution in [0, 0.1) is 5.82 Å². The standard InChI is InChI=1S/C20H27FN2O2.ClH/c21-18-6-5-13(11-17(18)20(24)23-14-3-1-2-4-14)16-12-19(16)22-15-7-9-25-10-8-15;/h5-6,11,14-16,19,22H,1-4,7-10,12H2,(H,23,24);1H. The molecule has 1 saturated heterocycles. The molecule has 0 radical (unpaired) electrons. The molecule has 4 rings (SSSR count). The Morgan fingerprint density at radius 1 is 1.08 bits per heavy atom. The van der Waals surface area contributed by atoms with Crippen LogP contribution in [0.2, 0.25) is 0 Å². The van der Waals surface area contributed by atoms with Crippen LogP contribution in [0.5, 0.6) is 0 Å². The lowest BCUT2D eigenvalue weighted by Gasteiger charge is -2.23. The summed E-state index contributed by atoms with van der Waals surface area (Å²) in [7, 11) is 0. The smallest absolute Gasteiger partial charge is 0.254 e. The lowest BCUT2D eigenvalue weighted by atomic mass is 10.0. The van der Waals surface area contributed by atoms with Crippen molar-refractivity contribution in [3.63, 3.8) is 0 Å². The summed E-state index contributed by atoms with van der Waals surface area (Å²) in [4.78, 5) is 12.4. The first-order valence-corrected chi connectivity index (χ1v) is 9.65. The predicted molar refractivity (Wildman–Crippen MR) is 101 cm³/mol. The van der Waals surface area contributed by atoms with E-state index in [1.165, 1.54) is 6.07 Å². The molecule has 26 heavy (non-hydrogen) atoms. The fourth-order valence-corrected chi connectivity index (χ4v) is 4.20. The van der Waals surface area contributed by atoms with Gasteiger partial charge < -0.3 is 15.4 Å². The molecule has 0 aromatic heterocycles. The fourth-order valence-electron chi connectivity index (χ4n) is 4.20. The highest BCUT2D eigenvalue weighted by atomic mass is 35.5. The van der Waals surface area contributed by atoms with Crippen LogP contribution < -0.4 is 10.6 Å². The monoisotopic (exact) mass is 382 g/mol. The second kappa shape index (κ2) is 8.68. The highest BCUT2D eigenvalue weighted by Gasteiger charge is 2.40. The van der Waals surface area contributed by atoms with Crippen LogP contribution in [0.3, 0.4) is 0 Å². The lowest BCUT2D eigenvalue weighted by Crippen LogP contribution is -2.36. The largest absolute Gasteiger partial charge is 0.381 e. The van der Waals surface area contributed by atoms with E-state index in [2.05, 4.69) is 10.6 Å². The number of hydrogen-bond donors (Lipinski definition) is 2. The maximum Gasteiger partial charge on any atom is 0.254 e. The van der Waals surface area contributed by atoms with Crippen LogP contribution in [-0.2, 0) is 4.74 Å². The number of hydrogen-bond acceptors (Lipinski definition) is 3. The van der Waals surface area contributed by atoms with Gasteiger partial charge in [0.15, 0.2) is 0 Å². The minimum absolute atomic E-state index is 0. The molecule has 3 fully saturated rings. The average molecular weight is 383 g/mol. The predicted octanol–water partition coefficient (Wildman–Crippen LogP) is 3.54. The zero-order valence-electron chi connectivity index (χ0n) is 15.0. The Bertz CT molecular complexity index is 630. The molecule has 3 aliphatic rings. The zero-order valence-corrected chi connectivity index (χ0v) is 15.8. The first-order chi connectivity index (χ1) is 12.2. The van der Waals surface area contributed by atoms with Crippen molar-refractivity contribution >= 4 is 18.3 Å². The van der Waals surface area contributed by atoms with Crippen molar-refractivity contribution in [2.24, 2.45) is 0 Å². The zero-order chi connectivity index (χ0) is 17.2. The number of nitrogens with one attached hydrogen (secondary N) is 2. The lowest BCUT2D eigenvalue weighted by molar-refractivity contribution is 0.0774. The van der Waals surface area contributed by atoms with Crippen LogP contribution in [0.4, 0.5) is 4.39 Å². The first kappa shape index (κ1) is 19.6. The van der Waals surface area contributed by atoms with Crippen molar-refractivity contribution in [3.05, 3.63) is 35.1 Å². The van der Waals surface area contributed by atoms with Gasteiger partial charge in [-0.25, -0.2) is 4.39 Å². The van der Waals surface area contributed by atoms with Gasteiger partial charge in [-0.15, -0.1) is 12.4 Å². The van der Waals surface area contributed by atoms with E-state index in [1.807, 2.05) is 6.07 Å². The molecule has 1 amide bonds.